The van der Waals surface area contributed by atoms with Crippen LogP contribution in [0.4, 0.5) is 0 Å². The van der Waals surface area contributed by atoms with Crippen LogP contribution in [-0.2, 0) is 11.3 Å². The number of carbonyl (C=O) groups excluding carboxylic acids is 1. The van der Waals surface area contributed by atoms with E-state index in [0.29, 0.717) is 18.0 Å². The van der Waals surface area contributed by atoms with Crippen molar-refractivity contribution in [1.29, 1.82) is 0 Å². The Balaban J connectivity index is 1.33. The molecule has 184 valence electrons. The maximum absolute atomic E-state index is 13.8. The molecule has 0 radical (unpaired) electrons. The number of piperidine rings is 1. The third kappa shape index (κ3) is 4.17. The van der Waals surface area contributed by atoms with Crippen LogP contribution in [0.1, 0.15) is 55.0 Å². The number of aliphatic hydroxyl groups excluding tert-OH is 1. The van der Waals surface area contributed by atoms with Crippen LogP contribution in [0.3, 0.4) is 0 Å². The van der Waals surface area contributed by atoms with Crippen LogP contribution in [0.5, 0.6) is 0 Å². The number of hydrogen-bond donors (Lipinski definition) is 1. The first-order valence-corrected chi connectivity index (χ1v) is 13.3. The number of benzene rings is 1. The van der Waals surface area contributed by atoms with Gasteiger partial charge in [0.2, 0.25) is 5.91 Å². The van der Waals surface area contributed by atoms with Crippen LogP contribution in [0, 0.1) is 17.8 Å². The predicted molar refractivity (Wildman–Crippen MR) is 137 cm³/mol. The average Bonchev–Trinajstić information content (AvgIpc) is 3.56. The van der Waals surface area contributed by atoms with Crippen molar-refractivity contribution in [3.8, 4) is 0 Å². The minimum atomic E-state index is -0.282. The molecule has 3 fully saturated rings. The van der Waals surface area contributed by atoms with Crippen LogP contribution < -0.4 is 5.56 Å². The normalized spacial score (nSPS) is 28.4. The van der Waals surface area contributed by atoms with E-state index >= 15 is 0 Å². The Morgan fingerprint density at radius 3 is 2.49 bits per heavy atom. The lowest BCUT2D eigenvalue weighted by molar-refractivity contribution is -0.139. The summed E-state index contributed by atoms with van der Waals surface area (Å²) >= 11 is 0. The summed E-state index contributed by atoms with van der Waals surface area (Å²) in [6, 6.07) is 13.7. The van der Waals surface area contributed by atoms with Gasteiger partial charge >= 0.3 is 0 Å². The van der Waals surface area contributed by atoms with Gasteiger partial charge in [-0.1, -0.05) is 36.4 Å². The van der Waals surface area contributed by atoms with Gasteiger partial charge < -0.3 is 14.6 Å². The minimum absolute atomic E-state index is 0.0178. The number of amides is 1. The molecule has 4 atom stereocenters. The first-order valence-electron chi connectivity index (χ1n) is 13.3. The first kappa shape index (κ1) is 22.7. The zero-order valence-electron chi connectivity index (χ0n) is 20.3. The van der Waals surface area contributed by atoms with Crippen LogP contribution >= 0.6 is 0 Å². The summed E-state index contributed by atoms with van der Waals surface area (Å²) in [7, 11) is 0. The van der Waals surface area contributed by atoms with E-state index in [1.54, 1.807) is 0 Å². The van der Waals surface area contributed by atoms with Crippen molar-refractivity contribution in [2.24, 2.45) is 17.8 Å². The van der Waals surface area contributed by atoms with Gasteiger partial charge in [-0.05, 0) is 61.8 Å². The highest BCUT2D eigenvalue weighted by molar-refractivity contribution is 5.83. The highest BCUT2D eigenvalue weighted by Gasteiger charge is 2.56. The Morgan fingerprint density at radius 1 is 1.00 bits per heavy atom. The smallest absolute Gasteiger partial charge is 0.258 e. The van der Waals surface area contributed by atoms with Crippen molar-refractivity contribution in [3.63, 3.8) is 0 Å². The number of pyridine rings is 1. The Morgan fingerprint density at radius 2 is 1.77 bits per heavy atom. The van der Waals surface area contributed by atoms with Crippen molar-refractivity contribution in [2.75, 3.05) is 26.2 Å². The van der Waals surface area contributed by atoms with Gasteiger partial charge in [0.1, 0.15) is 0 Å². The average molecular weight is 474 g/mol. The van der Waals surface area contributed by atoms with Crippen molar-refractivity contribution >= 4 is 18.1 Å². The molecule has 6 nitrogen and oxygen atoms in total. The molecule has 1 saturated carbocycles. The summed E-state index contributed by atoms with van der Waals surface area (Å²) in [5.74, 6) is 0.753. The van der Waals surface area contributed by atoms with Gasteiger partial charge in [0, 0.05) is 55.9 Å². The van der Waals surface area contributed by atoms with Crippen molar-refractivity contribution in [1.82, 2.24) is 14.4 Å². The second kappa shape index (κ2) is 9.40. The fourth-order valence-corrected chi connectivity index (χ4v) is 6.59. The first-order chi connectivity index (χ1) is 17.2. The third-order valence-corrected chi connectivity index (χ3v) is 8.56. The lowest BCUT2D eigenvalue weighted by Crippen LogP contribution is -2.51. The number of hydrogen-bond acceptors (Lipinski definition) is 4. The van der Waals surface area contributed by atoms with Crippen LogP contribution in [0.15, 0.2) is 47.3 Å². The second-order valence-corrected chi connectivity index (χ2v) is 10.8. The van der Waals surface area contributed by atoms with E-state index in [2.05, 4.69) is 11.0 Å². The van der Waals surface area contributed by atoms with E-state index in [9.17, 15) is 14.7 Å². The van der Waals surface area contributed by atoms with E-state index in [4.69, 9.17) is 0 Å². The standard InChI is InChI=1S/C29H35N3O3/c33-19-24-23-18-31-25(14-13-22(28(31)34)12-11-20-7-3-1-4-8-20)26(23)32(17-21-9-10-21)27(24)29(35)30-15-5-2-6-16-30/h1,3-4,7-8,11-14,21,23-24,26-27,33H,2,5-6,9-10,15-19H2/b12-11+/t23-,24-,26+,27-/m0/s1. The lowest BCUT2D eigenvalue weighted by Gasteiger charge is -2.36. The molecule has 0 unspecified atom stereocenters. The molecular formula is C29H35N3O3. The third-order valence-electron chi connectivity index (χ3n) is 8.56. The highest BCUT2D eigenvalue weighted by Crippen LogP contribution is 2.51. The summed E-state index contributed by atoms with van der Waals surface area (Å²) in [5.41, 5.74) is 2.76. The fraction of sp³-hybridized carbons (Fsp3) is 0.517. The summed E-state index contributed by atoms with van der Waals surface area (Å²) < 4.78 is 1.91. The molecule has 1 aromatic heterocycles. The Labute approximate surface area is 206 Å². The van der Waals surface area contributed by atoms with E-state index in [1.165, 1.54) is 19.3 Å². The van der Waals surface area contributed by atoms with Gasteiger partial charge in [-0.25, -0.2) is 0 Å². The predicted octanol–water partition coefficient (Wildman–Crippen LogP) is 3.40. The molecule has 1 aromatic carbocycles. The molecule has 6 rings (SSSR count). The molecule has 2 saturated heterocycles. The summed E-state index contributed by atoms with van der Waals surface area (Å²) in [6.07, 6.45) is 9.60. The van der Waals surface area contributed by atoms with Gasteiger partial charge in [0.15, 0.2) is 0 Å². The highest BCUT2D eigenvalue weighted by atomic mass is 16.3. The SMILES string of the molecule is O=C([C@@H]1[C@@H](CO)[C@@H]2Cn3c(ccc(/C=C/c4ccccc4)c3=O)[C@@H]2N1CC1CC1)N1CCCCC1. The molecular weight excluding hydrogens is 438 g/mol. The van der Waals surface area contributed by atoms with Crippen LogP contribution in [-0.4, -0.2) is 57.7 Å². The number of nitrogens with zero attached hydrogens (tertiary/aromatic N) is 3. The number of likely N-dealkylation sites (tertiary alicyclic amines) is 2. The monoisotopic (exact) mass is 473 g/mol. The lowest BCUT2D eigenvalue weighted by atomic mass is 9.88. The van der Waals surface area contributed by atoms with Gasteiger partial charge in [-0.2, -0.15) is 0 Å². The molecule has 0 spiro atoms. The maximum Gasteiger partial charge on any atom is 0.258 e. The number of rotatable bonds is 6. The Kier molecular flexibility index (Phi) is 6.11. The molecule has 1 amide bonds. The van der Waals surface area contributed by atoms with Gasteiger partial charge in [-0.15, -0.1) is 0 Å². The van der Waals surface area contributed by atoms with Crippen molar-refractivity contribution in [2.45, 2.75) is 50.7 Å². The Hall–Kier alpha value is -2.70. The summed E-state index contributed by atoms with van der Waals surface area (Å²) in [6.45, 7) is 3.09. The number of carbonyl (C=O) groups is 1. The zero-order chi connectivity index (χ0) is 23.9. The van der Waals surface area contributed by atoms with Crippen LogP contribution in [0.25, 0.3) is 12.2 Å². The van der Waals surface area contributed by atoms with E-state index in [1.807, 2.05) is 58.0 Å². The largest absolute Gasteiger partial charge is 0.396 e. The molecule has 4 aliphatic rings. The van der Waals surface area contributed by atoms with Gasteiger partial charge in [0.05, 0.1) is 12.1 Å². The molecule has 35 heavy (non-hydrogen) atoms. The van der Waals surface area contributed by atoms with E-state index in [-0.39, 0.29) is 42.0 Å². The maximum atomic E-state index is 13.8. The zero-order valence-corrected chi connectivity index (χ0v) is 20.3. The topological polar surface area (TPSA) is 65.8 Å². The Bertz CT molecular complexity index is 1160. The van der Waals surface area contributed by atoms with Crippen molar-refractivity contribution < 1.29 is 9.90 Å². The molecule has 2 aromatic rings. The molecule has 1 aliphatic carbocycles. The van der Waals surface area contributed by atoms with E-state index < -0.39 is 0 Å². The number of aliphatic hydroxyl groups is 1. The quantitative estimate of drug-likeness (QED) is 0.698. The molecule has 0 bridgehead atoms. The molecule has 1 N–H and O–H groups in total. The van der Waals surface area contributed by atoms with Crippen molar-refractivity contribution in [3.05, 3.63) is 69.6 Å². The molecule has 4 heterocycles. The summed E-state index contributed by atoms with van der Waals surface area (Å²) in [5, 5.41) is 10.5. The summed E-state index contributed by atoms with van der Waals surface area (Å²) in [4.78, 5) is 31.6. The number of aromatic nitrogens is 1. The fourth-order valence-electron chi connectivity index (χ4n) is 6.59. The second-order valence-electron chi connectivity index (χ2n) is 10.8. The van der Waals surface area contributed by atoms with Gasteiger partial charge in [-0.3, -0.25) is 14.5 Å². The van der Waals surface area contributed by atoms with Crippen LogP contribution in [0.2, 0.25) is 0 Å². The number of fused-ring (bicyclic) bond motifs is 3. The van der Waals surface area contributed by atoms with Gasteiger partial charge in [0.25, 0.3) is 5.56 Å². The molecule has 6 heteroatoms. The molecule has 3 aliphatic heterocycles. The minimum Gasteiger partial charge on any atom is -0.396 e. The van der Waals surface area contributed by atoms with E-state index in [0.717, 1.165) is 43.7 Å².